The fourth-order valence-corrected chi connectivity index (χ4v) is 2.89. The molecule has 3 rings (SSSR count). The van der Waals surface area contributed by atoms with Gasteiger partial charge in [-0.2, -0.15) is 0 Å². The normalized spacial score (nSPS) is 11.9. The Bertz CT molecular complexity index is 930. The molecule has 134 valence electrons. The Morgan fingerprint density at radius 1 is 1.27 bits per heavy atom. The summed E-state index contributed by atoms with van der Waals surface area (Å²) >= 11 is 0. The van der Waals surface area contributed by atoms with Gasteiger partial charge >= 0.3 is 5.97 Å². The average molecular weight is 350 g/mol. The number of para-hydroxylation sites is 1. The molecule has 0 fully saturated rings. The molecule has 0 spiro atoms. The van der Waals surface area contributed by atoms with Gasteiger partial charge in [-0.05, 0) is 35.7 Å². The van der Waals surface area contributed by atoms with Crippen molar-refractivity contribution in [2.75, 3.05) is 7.11 Å². The molecule has 3 N–H and O–H groups in total. The third-order valence-electron chi connectivity index (χ3n) is 4.24. The van der Waals surface area contributed by atoms with Crippen molar-refractivity contribution in [2.45, 2.75) is 18.9 Å². The highest BCUT2D eigenvalue weighted by molar-refractivity contribution is 5.85. The van der Waals surface area contributed by atoms with Crippen LogP contribution in [0, 0.1) is 0 Å². The van der Waals surface area contributed by atoms with Gasteiger partial charge in [0, 0.05) is 23.5 Å². The van der Waals surface area contributed by atoms with E-state index in [4.69, 9.17) is 15.2 Å². The molecule has 0 bridgehead atoms. The van der Waals surface area contributed by atoms with Gasteiger partial charge in [-0.3, -0.25) is 0 Å². The summed E-state index contributed by atoms with van der Waals surface area (Å²) in [5.74, 6) is 0.363. The quantitative estimate of drug-likeness (QED) is 0.389. The van der Waals surface area contributed by atoms with Crippen LogP contribution in [0.1, 0.15) is 11.1 Å². The molecule has 2 aromatic carbocycles. The van der Waals surface area contributed by atoms with E-state index in [9.17, 15) is 4.79 Å². The van der Waals surface area contributed by atoms with Crippen LogP contribution in [0.25, 0.3) is 10.9 Å². The van der Waals surface area contributed by atoms with Gasteiger partial charge in [0.25, 0.3) is 0 Å². The van der Waals surface area contributed by atoms with Gasteiger partial charge in [-0.25, -0.2) is 4.79 Å². The second kappa shape index (κ2) is 7.89. The first-order chi connectivity index (χ1) is 12.6. The Morgan fingerprint density at radius 3 is 2.85 bits per heavy atom. The number of esters is 1. The monoisotopic (exact) mass is 350 g/mol. The van der Waals surface area contributed by atoms with Crippen molar-refractivity contribution < 1.29 is 14.3 Å². The van der Waals surface area contributed by atoms with Crippen LogP contribution in [-0.2, 0) is 17.6 Å². The predicted octanol–water partition coefficient (Wildman–Crippen LogP) is 3.38. The highest BCUT2D eigenvalue weighted by atomic mass is 16.6. The predicted molar refractivity (Wildman–Crippen MR) is 103 cm³/mol. The minimum absolute atomic E-state index is 0.361. The lowest BCUT2D eigenvalue weighted by Gasteiger charge is -2.14. The van der Waals surface area contributed by atoms with Crippen LogP contribution in [0.5, 0.6) is 11.5 Å². The van der Waals surface area contributed by atoms with E-state index in [-0.39, 0.29) is 0 Å². The van der Waals surface area contributed by atoms with E-state index in [1.807, 2.05) is 42.6 Å². The second-order valence-electron chi connectivity index (χ2n) is 6.07. The summed E-state index contributed by atoms with van der Waals surface area (Å²) in [7, 11) is 1.54. The molecular weight excluding hydrogens is 328 g/mol. The van der Waals surface area contributed by atoms with Crippen molar-refractivity contribution in [1.29, 1.82) is 0 Å². The number of nitrogens with one attached hydrogen (secondary N) is 1. The first-order valence-electron chi connectivity index (χ1n) is 8.42. The molecule has 5 heteroatoms. The summed E-state index contributed by atoms with van der Waals surface area (Å²) in [6.07, 6.45) is 4.78. The number of ether oxygens (including phenoxy) is 2. The van der Waals surface area contributed by atoms with Crippen molar-refractivity contribution in [3.8, 4) is 11.5 Å². The van der Waals surface area contributed by atoms with Gasteiger partial charge in [-0.1, -0.05) is 30.3 Å². The zero-order valence-electron chi connectivity index (χ0n) is 14.7. The number of methoxy groups -OCH3 is 1. The molecule has 0 saturated heterocycles. The van der Waals surface area contributed by atoms with Crippen LogP contribution in [0.15, 0.2) is 61.3 Å². The molecule has 1 heterocycles. The van der Waals surface area contributed by atoms with Crippen LogP contribution in [0.4, 0.5) is 0 Å². The minimum Gasteiger partial charge on any atom is -0.493 e. The van der Waals surface area contributed by atoms with Gasteiger partial charge < -0.3 is 20.2 Å². The Morgan fingerprint density at radius 2 is 2.08 bits per heavy atom. The minimum atomic E-state index is -0.772. The number of aromatic amines is 1. The maximum absolute atomic E-state index is 12.4. The maximum Gasteiger partial charge on any atom is 0.328 e. The molecule has 3 aromatic rings. The highest BCUT2D eigenvalue weighted by Gasteiger charge is 2.20. The van der Waals surface area contributed by atoms with Crippen LogP contribution < -0.4 is 15.2 Å². The van der Waals surface area contributed by atoms with E-state index in [1.165, 1.54) is 7.11 Å². The number of carbonyl (C=O) groups is 1. The average Bonchev–Trinajstić information content (AvgIpc) is 3.06. The molecule has 0 aliphatic rings. The summed E-state index contributed by atoms with van der Waals surface area (Å²) in [5, 5.41) is 1.06. The van der Waals surface area contributed by atoms with Gasteiger partial charge in [0.2, 0.25) is 0 Å². The standard InChI is InChI=1S/C21H22N2O3/c1-3-6-14-9-10-19(20(11-14)25-2)26-21(24)17(22)12-15-13-23-18-8-5-4-7-16(15)18/h3-5,7-11,13,17,23H,1,6,12,22H2,2H3/t17-/m0/s1. The molecule has 0 unspecified atom stereocenters. The van der Waals surface area contributed by atoms with Crippen molar-refractivity contribution in [3.63, 3.8) is 0 Å². The molecule has 1 atom stereocenters. The summed E-state index contributed by atoms with van der Waals surface area (Å²) in [4.78, 5) is 15.6. The molecule has 26 heavy (non-hydrogen) atoms. The van der Waals surface area contributed by atoms with Gasteiger partial charge in [0.05, 0.1) is 7.11 Å². The van der Waals surface area contributed by atoms with E-state index < -0.39 is 12.0 Å². The number of benzene rings is 2. The lowest BCUT2D eigenvalue weighted by atomic mass is 10.1. The fraction of sp³-hybridized carbons (Fsp3) is 0.190. The number of rotatable bonds is 7. The SMILES string of the molecule is C=CCc1ccc(OC(=O)[C@@H](N)Cc2c[nH]c3ccccc23)c(OC)c1. The van der Waals surface area contributed by atoms with Crippen LogP contribution >= 0.6 is 0 Å². The van der Waals surface area contributed by atoms with E-state index in [0.29, 0.717) is 24.3 Å². The smallest absolute Gasteiger partial charge is 0.328 e. The molecule has 0 aliphatic heterocycles. The lowest BCUT2D eigenvalue weighted by molar-refractivity contribution is -0.135. The zero-order valence-corrected chi connectivity index (χ0v) is 14.7. The third kappa shape index (κ3) is 3.78. The van der Waals surface area contributed by atoms with Crippen molar-refractivity contribution in [3.05, 3.63) is 72.4 Å². The molecule has 5 nitrogen and oxygen atoms in total. The van der Waals surface area contributed by atoms with Crippen molar-refractivity contribution in [2.24, 2.45) is 5.73 Å². The molecule has 0 saturated carbocycles. The fourth-order valence-electron chi connectivity index (χ4n) is 2.89. The van der Waals surface area contributed by atoms with E-state index in [2.05, 4.69) is 11.6 Å². The van der Waals surface area contributed by atoms with Gasteiger partial charge in [0.1, 0.15) is 6.04 Å². The number of fused-ring (bicyclic) bond motifs is 1. The maximum atomic E-state index is 12.4. The topological polar surface area (TPSA) is 77.3 Å². The Hall–Kier alpha value is -3.05. The van der Waals surface area contributed by atoms with E-state index >= 15 is 0 Å². The van der Waals surface area contributed by atoms with Crippen LogP contribution in [-0.4, -0.2) is 24.1 Å². The van der Waals surface area contributed by atoms with Gasteiger partial charge in [0.15, 0.2) is 11.5 Å². The summed E-state index contributed by atoms with van der Waals surface area (Å²) < 4.78 is 10.8. The number of hydrogen-bond acceptors (Lipinski definition) is 4. The number of aromatic nitrogens is 1. The van der Waals surface area contributed by atoms with E-state index in [1.54, 1.807) is 12.1 Å². The summed E-state index contributed by atoms with van der Waals surface area (Å²) in [6.45, 7) is 3.72. The molecule has 0 amide bonds. The third-order valence-corrected chi connectivity index (χ3v) is 4.24. The number of carbonyl (C=O) groups excluding carboxylic acids is 1. The zero-order chi connectivity index (χ0) is 18.5. The van der Waals surface area contributed by atoms with Crippen molar-refractivity contribution in [1.82, 2.24) is 4.98 Å². The number of H-pyrrole nitrogens is 1. The number of nitrogens with two attached hydrogens (primary N) is 1. The first kappa shape index (κ1) is 17.8. The summed E-state index contributed by atoms with van der Waals surface area (Å²) in [5.41, 5.74) is 9.10. The molecule has 1 aromatic heterocycles. The first-order valence-corrected chi connectivity index (χ1v) is 8.42. The second-order valence-corrected chi connectivity index (χ2v) is 6.07. The van der Waals surface area contributed by atoms with Gasteiger partial charge in [-0.15, -0.1) is 6.58 Å². The Kier molecular flexibility index (Phi) is 5.39. The molecule has 0 radical (unpaired) electrons. The Labute approximate surface area is 152 Å². The van der Waals surface area contributed by atoms with E-state index in [0.717, 1.165) is 22.0 Å². The molecule has 0 aliphatic carbocycles. The highest BCUT2D eigenvalue weighted by Crippen LogP contribution is 2.29. The Balaban J connectivity index is 1.72. The molecular formula is C21H22N2O3. The van der Waals surface area contributed by atoms with Crippen LogP contribution in [0.2, 0.25) is 0 Å². The number of hydrogen-bond donors (Lipinski definition) is 2. The van der Waals surface area contributed by atoms with Crippen molar-refractivity contribution >= 4 is 16.9 Å². The summed E-state index contributed by atoms with van der Waals surface area (Å²) in [6, 6.07) is 12.5. The number of allylic oxidation sites excluding steroid dienone is 1. The largest absolute Gasteiger partial charge is 0.493 e. The van der Waals surface area contributed by atoms with Crippen LogP contribution in [0.3, 0.4) is 0 Å². The lowest BCUT2D eigenvalue weighted by Crippen LogP contribution is -2.36.